The first-order valence-corrected chi connectivity index (χ1v) is 8.00. The lowest BCUT2D eigenvalue weighted by molar-refractivity contribution is -0.384. The van der Waals surface area contributed by atoms with Gasteiger partial charge in [0.05, 0.1) is 4.92 Å². The largest absolute Gasteiger partial charge is 0.377 e. The minimum atomic E-state index is -0.465. The molecule has 0 unspecified atom stereocenters. The topological polar surface area (TPSA) is 110 Å². The summed E-state index contributed by atoms with van der Waals surface area (Å²) in [6, 6.07) is 4.82. The van der Waals surface area contributed by atoms with Gasteiger partial charge in [0, 0.05) is 29.8 Å². The number of nitro groups is 1. The van der Waals surface area contributed by atoms with Gasteiger partial charge in [-0.15, -0.1) is 0 Å². The number of hydrogen-bond donors (Lipinski definition) is 3. The molecule has 23 heavy (non-hydrogen) atoms. The molecule has 0 radical (unpaired) electrons. The summed E-state index contributed by atoms with van der Waals surface area (Å²) >= 11 is 0. The molecule has 1 aromatic carbocycles. The molecule has 0 heterocycles. The van der Waals surface area contributed by atoms with Gasteiger partial charge >= 0.3 is 0 Å². The Bertz CT molecular complexity index is 595. The highest BCUT2D eigenvalue weighted by Crippen LogP contribution is 2.31. The van der Waals surface area contributed by atoms with Gasteiger partial charge in [-0.3, -0.25) is 14.9 Å². The molecular weight excluding hydrogens is 296 g/mol. The van der Waals surface area contributed by atoms with Crippen molar-refractivity contribution in [2.24, 2.45) is 5.73 Å². The zero-order valence-corrected chi connectivity index (χ0v) is 13.6. The van der Waals surface area contributed by atoms with Crippen molar-refractivity contribution in [1.29, 1.82) is 0 Å². The molecule has 0 aromatic heterocycles. The Labute approximate surface area is 135 Å². The fourth-order valence-electron chi connectivity index (χ4n) is 2.25. The highest BCUT2D eigenvalue weighted by atomic mass is 16.6. The van der Waals surface area contributed by atoms with E-state index in [1.54, 1.807) is 12.1 Å². The maximum atomic E-state index is 12.2. The van der Waals surface area contributed by atoms with E-state index in [-0.39, 0.29) is 17.2 Å². The van der Waals surface area contributed by atoms with Crippen molar-refractivity contribution < 1.29 is 9.72 Å². The molecule has 0 aliphatic heterocycles. The first kappa shape index (κ1) is 17.2. The predicted molar refractivity (Wildman–Crippen MR) is 89.6 cm³/mol. The molecule has 0 bridgehead atoms. The Morgan fingerprint density at radius 1 is 1.39 bits per heavy atom. The molecule has 0 saturated heterocycles. The van der Waals surface area contributed by atoms with Crippen molar-refractivity contribution in [1.82, 2.24) is 5.32 Å². The molecular formula is C16H24N4O3. The molecule has 1 aliphatic carbocycles. The molecule has 1 aliphatic rings. The van der Waals surface area contributed by atoms with Crippen LogP contribution in [0.25, 0.3) is 0 Å². The average Bonchev–Trinajstić information content (AvgIpc) is 3.36. The van der Waals surface area contributed by atoms with Crippen LogP contribution in [0.2, 0.25) is 0 Å². The van der Waals surface area contributed by atoms with Crippen molar-refractivity contribution in [3.8, 4) is 0 Å². The van der Waals surface area contributed by atoms with Gasteiger partial charge in [-0.25, -0.2) is 0 Å². The predicted octanol–water partition coefficient (Wildman–Crippen LogP) is 2.42. The zero-order chi connectivity index (χ0) is 17.0. The Hall–Kier alpha value is -2.15. The number of carbonyl (C=O) groups is 1. The van der Waals surface area contributed by atoms with E-state index in [0.717, 1.165) is 25.7 Å². The lowest BCUT2D eigenvalue weighted by atomic mass is 9.94. The monoisotopic (exact) mass is 320 g/mol. The highest BCUT2D eigenvalue weighted by molar-refractivity contribution is 5.95. The molecule has 0 atom stereocenters. The number of nitrogens with zero attached hydrogens (tertiary/aromatic N) is 1. The molecule has 126 valence electrons. The number of carbonyl (C=O) groups excluding carboxylic acids is 1. The normalized spacial score (nSPS) is 14.4. The lowest BCUT2D eigenvalue weighted by Crippen LogP contribution is -2.49. The first-order chi connectivity index (χ1) is 10.9. The number of nitrogens with one attached hydrogen (secondary N) is 2. The molecule has 7 nitrogen and oxygen atoms in total. The van der Waals surface area contributed by atoms with E-state index >= 15 is 0 Å². The lowest BCUT2D eigenvalue weighted by Gasteiger charge is -2.26. The standard InChI is InChI=1S/C16H24N4O3/c1-3-16(17,4-2)10-18-15(21)11-5-8-13(19-12-6-7-12)14(9-11)20(22)23/h5,8-9,12,19H,3-4,6-7,10,17H2,1-2H3,(H,18,21). The first-order valence-electron chi connectivity index (χ1n) is 8.00. The molecule has 7 heteroatoms. The van der Waals surface area contributed by atoms with E-state index in [0.29, 0.717) is 18.3 Å². The SMILES string of the molecule is CCC(N)(CC)CNC(=O)c1ccc(NC2CC2)c([N+](=O)[O-])c1. The van der Waals surface area contributed by atoms with Crippen molar-refractivity contribution >= 4 is 17.3 Å². The minimum Gasteiger partial charge on any atom is -0.377 e. The Kier molecular flexibility index (Phi) is 5.20. The summed E-state index contributed by atoms with van der Waals surface area (Å²) in [6.45, 7) is 4.28. The number of nitrogens with two attached hydrogens (primary N) is 1. The van der Waals surface area contributed by atoms with Gasteiger partial charge in [-0.2, -0.15) is 0 Å². The minimum absolute atomic E-state index is 0.0745. The van der Waals surface area contributed by atoms with Gasteiger partial charge in [0.15, 0.2) is 0 Å². The number of amides is 1. The number of hydrogen-bond acceptors (Lipinski definition) is 5. The molecule has 4 N–H and O–H groups in total. The summed E-state index contributed by atoms with van der Waals surface area (Å²) in [7, 11) is 0. The highest BCUT2D eigenvalue weighted by Gasteiger charge is 2.26. The Morgan fingerprint density at radius 2 is 2.04 bits per heavy atom. The van der Waals surface area contributed by atoms with Gasteiger partial charge in [0.2, 0.25) is 0 Å². The van der Waals surface area contributed by atoms with Crippen molar-refractivity contribution in [3.63, 3.8) is 0 Å². The second-order valence-electron chi connectivity index (χ2n) is 6.16. The van der Waals surface area contributed by atoms with Gasteiger partial charge in [-0.1, -0.05) is 13.8 Å². The van der Waals surface area contributed by atoms with Crippen LogP contribution in [-0.2, 0) is 0 Å². The summed E-state index contributed by atoms with van der Waals surface area (Å²) in [5.74, 6) is -0.345. The second kappa shape index (κ2) is 6.95. The molecule has 1 aromatic rings. The van der Waals surface area contributed by atoms with Crippen LogP contribution in [0.4, 0.5) is 11.4 Å². The fourth-order valence-corrected chi connectivity index (χ4v) is 2.25. The van der Waals surface area contributed by atoms with Crippen molar-refractivity contribution in [3.05, 3.63) is 33.9 Å². The third-order valence-electron chi connectivity index (χ3n) is 4.40. The number of rotatable bonds is 8. The molecule has 2 rings (SSSR count). The van der Waals surface area contributed by atoms with Gasteiger partial charge in [0.25, 0.3) is 11.6 Å². The van der Waals surface area contributed by atoms with Crippen LogP contribution >= 0.6 is 0 Å². The summed E-state index contributed by atoms with van der Waals surface area (Å²) in [4.78, 5) is 23.0. The molecule has 0 spiro atoms. The van der Waals surface area contributed by atoms with Crippen LogP contribution in [0.1, 0.15) is 49.9 Å². The summed E-state index contributed by atoms with van der Waals surface area (Å²) in [5, 5.41) is 17.1. The quantitative estimate of drug-likeness (QED) is 0.503. The van der Waals surface area contributed by atoms with Crippen molar-refractivity contribution in [2.75, 3.05) is 11.9 Å². The number of benzene rings is 1. The number of anilines is 1. The second-order valence-corrected chi connectivity index (χ2v) is 6.16. The third kappa shape index (κ3) is 4.41. The van der Waals surface area contributed by atoms with E-state index in [1.165, 1.54) is 6.07 Å². The van der Waals surface area contributed by atoms with Crippen LogP contribution < -0.4 is 16.4 Å². The van der Waals surface area contributed by atoms with Crippen LogP contribution in [0.3, 0.4) is 0 Å². The van der Waals surface area contributed by atoms with E-state index in [1.807, 2.05) is 13.8 Å². The van der Waals surface area contributed by atoms with Crippen LogP contribution in [0.15, 0.2) is 18.2 Å². The summed E-state index contributed by atoms with van der Waals surface area (Å²) < 4.78 is 0. The van der Waals surface area contributed by atoms with E-state index in [2.05, 4.69) is 10.6 Å². The Morgan fingerprint density at radius 3 is 2.57 bits per heavy atom. The van der Waals surface area contributed by atoms with Crippen LogP contribution in [-0.4, -0.2) is 29.0 Å². The smallest absolute Gasteiger partial charge is 0.293 e. The number of nitro benzene ring substituents is 1. The molecule has 1 fully saturated rings. The summed E-state index contributed by atoms with van der Waals surface area (Å²) in [6.07, 6.45) is 3.53. The van der Waals surface area contributed by atoms with E-state index in [4.69, 9.17) is 5.73 Å². The van der Waals surface area contributed by atoms with Crippen molar-refractivity contribution in [2.45, 2.75) is 51.1 Å². The average molecular weight is 320 g/mol. The van der Waals surface area contributed by atoms with E-state index in [9.17, 15) is 14.9 Å². The molecule has 1 amide bonds. The van der Waals surface area contributed by atoms with Gasteiger partial charge in [0.1, 0.15) is 5.69 Å². The van der Waals surface area contributed by atoms with Crippen LogP contribution in [0, 0.1) is 10.1 Å². The van der Waals surface area contributed by atoms with E-state index < -0.39 is 10.5 Å². The third-order valence-corrected chi connectivity index (χ3v) is 4.40. The summed E-state index contributed by atoms with van der Waals surface area (Å²) in [5.41, 5.74) is 6.36. The van der Waals surface area contributed by atoms with Gasteiger partial charge in [-0.05, 0) is 37.8 Å². The zero-order valence-electron chi connectivity index (χ0n) is 13.6. The van der Waals surface area contributed by atoms with Crippen LogP contribution in [0.5, 0.6) is 0 Å². The maximum Gasteiger partial charge on any atom is 0.293 e. The maximum absolute atomic E-state index is 12.2. The Balaban J connectivity index is 2.10. The fraction of sp³-hybridized carbons (Fsp3) is 0.562. The molecule has 1 saturated carbocycles. The van der Waals surface area contributed by atoms with Gasteiger partial charge < -0.3 is 16.4 Å².